The maximum atomic E-state index is 12.8. The first-order valence-corrected chi connectivity index (χ1v) is 11.6. The van der Waals surface area contributed by atoms with E-state index >= 15 is 0 Å². The lowest BCUT2D eigenvalue weighted by atomic mass is 9.97. The predicted octanol–water partition coefficient (Wildman–Crippen LogP) is 3.40. The monoisotopic (exact) mass is 484 g/mol. The first-order chi connectivity index (χ1) is 16.4. The van der Waals surface area contributed by atoms with Crippen molar-refractivity contribution in [2.75, 3.05) is 18.5 Å². The van der Waals surface area contributed by atoms with Crippen LogP contribution >= 0.6 is 11.3 Å². The number of carbonyl (C=O) groups is 2. The van der Waals surface area contributed by atoms with Gasteiger partial charge in [-0.15, -0.1) is 21.5 Å². The number of pyridine rings is 1. The molecule has 0 aliphatic heterocycles. The van der Waals surface area contributed by atoms with E-state index in [0.29, 0.717) is 12.8 Å². The van der Waals surface area contributed by atoms with E-state index in [0.717, 1.165) is 26.2 Å². The molecule has 1 fully saturated rings. The number of nitrogens with two attached hydrogens (primary N) is 1. The summed E-state index contributed by atoms with van der Waals surface area (Å²) in [5.41, 5.74) is 6.92. The summed E-state index contributed by atoms with van der Waals surface area (Å²) in [6.45, 7) is 0.117. The molecule has 0 spiro atoms. The molecule has 1 amide bonds. The Morgan fingerprint density at radius 2 is 2.03 bits per heavy atom. The highest BCUT2D eigenvalue weighted by molar-refractivity contribution is 7.22. The first kappa shape index (κ1) is 23.6. The van der Waals surface area contributed by atoms with Crippen molar-refractivity contribution < 1.29 is 24.3 Å². The minimum absolute atomic E-state index is 0.0700. The third kappa shape index (κ3) is 5.86. The van der Waals surface area contributed by atoms with Gasteiger partial charge in [-0.2, -0.15) is 0 Å². The van der Waals surface area contributed by atoms with Gasteiger partial charge in [-0.25, -0.2) is 0 Å². The Morgan fingerprint density at radius 3 is 2.68 bits per heavy atom. The van der Waals surface area contributed by atoms with E-state index in [-0.39, 0.29) is 32.1 Å². The van der Waals surface area contributed by atoms with Crippen molar-refractivity contribution in [1.82, 2.24) is 4.98 Å². The zero-order valence-corrected chi connectivity index (χ0v) is 19.1. The highest BCUT2D eigenvalue weighted by Crippen LogP contribution is 2.49. The van der Waals surface area contributed by atoms with Crippen LogP contribution in [-0.4, -0.2) is 35.1 Å². The summed E-state index contributed by atoms with van der Waals surface area (Å²) in [5, 5.41) is 14.2. The Bertz CT molecular complexity index is 1160. The fourth-order valence-electron chi connectivity index (χ4n) is 3.65. The van der Waals surface area contributed by atoms with Gasteiger partial charge in [0.05, 0.1) is 22.0 Å². The summed E-state index contributed by atoms with van der Waals surface area (Å²) in [5.74, 6) is -1.16. The fraction of sp³-hybridized carbons (Fsp3) is 0.348. The second-order valence-electron chi connectivity index (χ2n) is 8.38. The number of aromatic nitrogens is 1. The van der Waals surface area contributed by atoms with Gasteiger partial charge in [0, 0.05) is 24.4 Å². The number of fused-ring (bicyclic) bond motifs is 1. The van der Waals surface area contributed by atoms with Gasteiger partial charge >= 0.3 is 5.97 Å². The van der Waals surface area contributed by atoms with Gasteiger partial charge in [0.15, 0.2) is 0 Å². The number of benzene rings is 1. The zero-order valence-electron chi connectivity index (χ0n) is 18.3. The van der Waals surface area contributed by atoms with E-state index in [4.69, 9.17) is 10.5 Å². The lowest BCUT2D eigenvalue weighted by Crippen LogP contribution is -2.27. The number of esters is 1. The fourth-order valence-corrected chi connectivity index (χ4v) is 4.59. The van der Waals surface area contributed by atoms with Gasteiger partial charge in [0.25, 0.3) is 5.09 Å². The average Bonchev–Trinajstić information content (AvgIpc) is 3.46. The molecule has 1 aliphatic rings. The molecule has 11 heteroatoms. The van der Waals surface area contributed by atoms with Gasteiger partial charge in [-0.3, -0.25) is 14.6 Å². The standard InChI is InChI=1S/C23H24N4O6S/c24-11-18(22(29)26-20-9-17-5-8-25-12-19(17)34-20)16-3-1-15(2-4-16)13-32-21(28)10-23(6-7-23)14-33-27(30)31/h1-5,8-9,12,18H,6-7,10-11,13-14,24H2,(H,26,29)/t18-/m1/s1. The van der Waals surface area contributed by atoms with Gasteiger partial charge in [-0.05, 0) is 41.5 Å². The van der Waals surface area contributed by atoms with Crippen LogP contribution in [-0.2, 0) is 25.8 Å². The second-order valence-corrected chi connectivity index (χ2v) is 9.46. The number of hydrogen-bond donors (Lipinski definition) is 2. The Morgan fingerprint density at radius 1 is 1.26 bits per heavy atom. The van der Waals surface area contributed by atoms with Crippen molar-refractivity contribution in [2.45, 2.75) is 31.8 Å². The van der Waals surface area contributed by atoms with Crippen LogP contribution < -0.4 is 11.1 Å². The summed E-state index contributed by atoms with van der Waals surface area (Å²) in [6.07, 6.45) is 4.95. The quantitative estimate of drug-likeness (QED) is 0.239. The summed E-state index contributed by atoms with van der Waals surface area (Å²) in [6, 6.07) is 10.9. The van der Waals surface area contributed by atoms with E-state index in [2.05, 4.69) is 15.1 Å². The van der Waals surface area contributed by atoms with E-state index in [9.17, 15) is 19.7 Å². The molecule has 1 saturated carbocycles. The van der Waals surface area contributed by atoms with E-state index in [1.165, 1.54) is 11.3 Å². The third-order valence-corrected chi connectivity index (χ3v) is 6.86. The first-order valence-electron chi connectivity index (χ1n) is 10.7. The van der Waals surface area contributed by atoms with Gasteiger partial charge < -0.3 is 20.6 Å². The summed E-state index contributed by atoms with van der Waals surface area (Å²) < 4.78 is 6.31. The molecule has 0 unspecified atom stereocenters. The zero-order chi connectivity index (χ0) is 24.1. The minimum atomic E-state index is -0.845. The maximum Gasteiger partial charge on any atom is 0.306 e. The van der Waals surface area contributed by atoms with Crippen LogP contribution in [0.2, 0.25) is 0 Å². The van der Waals surface area contributed by atoms with Crippen LogP contribution in [0, 0.1) is 15.5 Å². The number of amides is 1. The van der Waals surface area contributed by atoms with E-state index in [1.807, 2.05) is 12.1 Å². The molecule has 2 aromatic heterocycles. The number of hydrogen-bond acceptors (Lipinski definition) is 9. The Kier molecular flexibility index (Phi) is 7.03. The number of nitrogens with one attached hydrogen (secondary N) is 1. The molecule has 1 atom stereocenters. The summed E-state index contributed by atoms with van der Waals surface area (Å²) in [7, 11) is 0. The molecule has 1 aromatic carbocycles. The third-order valence-electron chi connectivity index (χ3n) is 5.86. The number of nitrogens with zero attached hydrogens (tertiary/aromatic N) is 2. The molecule has 10 nitrogen and oxygen atoms in total. The van der Waals surface area contributed by atoms with Crippen molar-refractivity contribution in [3.63, 3.8) is 0 Å². The van der Waals surface area contributed by atoms with E-state index in [1.54, 1.807) is 36.7 Å². The Balaban J connectivity index is 1.30. The molecular formula is C23H24N4O6S. The molecule has 0 radical (unpaired) electrons. The molecule has 4 rings (SSSR count). The van der Waals surface area contributed by atoms with Gasteiger partial charge in [0.2, 0.25) is 5.91 Å². The van der Waals surface area contributed by atoms with Crippen molar-refractivity contribution >= 4 is 38.3 Å². The Hall–Kier alpha value is -3.57. The molecule has 3 N–H and O–H groups in total. The number of thiophene rings is 1. The normalized spacial score (nSPS) is 14.9. The SMILES string of the molecule is NC[C@@H](C(=O)Nc1cc2ccncc2s1)c1ccc(COC(=O)CC2(CO[N+](=O)[O-])CC2)cc1. The Labute approximate surface area is 199 Å². The molecule has 34 heavy (non-hydrogen) atoms. The van der Waals surface area contributed by atoms with Crippen molar-refractivity contribution in [1.29, 1.82) is 0 Å². The maximum absolute atomic E-state index is 12.8. The number of rotatable bonds is 11. The summed E-state index contributed by atoms with van der Waals surface area (Å²) >= 11 is 1.45. The van der Waals surface area contributed by atoms with Crippen molar-refractivity contribution in [3.8, 4) is 0 Å². The minimum Gasteiger partial charge on any atom is -0.461 e. The van der Waals surface area contributed by atoms with Crippen LogP contribution in [0.3, 0.4) is 0 Å². The van der Waals surface area contributed by atoms with Crippen LogP contribution in [0.15, 0.2) is 48.8 Å². The van der Waals surface area contributed by atoms with Gasteiger partial charge in [0.1, 0.15) is 13.2 Å². The molecule has 3 aromatic rings. The van der Waals surface area contributed by atoms with Crippen molar-refractivity contribution in [3.05, 3.63) is 70.0 Å². The molecule has 1 aliphatic carbocycles. The smallest absolute Gasteiger partial charge is 0.306 e. The highest BCUT2D eigenvalue weighted by atomic mass is 32.1. The van der Waals surface area contributed by atoms with Crippen LogP contribution in [0.4, 0.5) is 5.00 Å². The lowest BCUT2D eigenvalue weighted by Gasteiger charge is -2.15. The summed E-state index contributed by atoms with van der Waals surface area (Å²) in [4.78, 5) is 43.9. The predicted molar refractivity (Wildman–Crippen MR) is 126 cm³/mol. The molecule has 2 heterocycles. The highest BCUT2D eigenvalue weighted by Gasteiger charge is 2.45. The van der Waals surface area contributed by atoms with Crippen LogP contribution in [0.25, 0.3) is 10.1 Å². The van der Waals surface area contributed by atoms with Crippen LogP contribution in [0.5, 0.6) is 0 Å². The van der Waals surface area contributed by atoms with E-state index < -0.39 is 22.4 Å². The second kappa shape index (κ2) is 10.1. The molecule has 178 valence electrons. The number of carbonyl (C=O) groups excluding carboxylic acids is 2. The average molecular weight is 485 g/mol. The van der Waals surface area contributed by atoms with Gasteiger partial charge in [-0.1, -0.05) is 24.3 Å². The lowest BCUT2D eigenvalue weighted by molar-refractivity contribution is -0.759. The van der Waals surface area contributed by atoms with Crippen molar-refractivity contribution in [2.24, 2.45) is 11.1 Å². The molecule has 0 saturated heterocycles. The molecule has 0 bridgehead atoms. The number of anilines is 1. The van der Waals surface area contributed by atoms with Crippen LogP contribution in [0.1, 0.15) is 36.3 Å². The topological polar surface area (TPSA) is 147 Å². The number of ether oxygens (including phenoxy) is 1. The largest absolute Gasteiger partial charge is 0.461 e. The molecular weight excluding hydrogens is 460 g/mol.